The third-order valence-electron chi connectivity index (χ3n) is 9.19. The molecule has 0 N–H and O–H groups in total. The molecule has 4 aromatic carbocycles. The van der Waals surface area contributed by atoms with Gasteiger partial charge in [0.1, 0.15) is 13.1 Å². The van der Waals surface area contributed by atoms with Gasteiger partial charge in [-0.3, -0.25) is 0 Å². The van der Waals surface area contributed by atoms with Crippen molar-refractivity contribution in [2.45, 2.75) is 25.9 Å². The van der Waals surface area contributed by atoms with Crippen LogP contribution >= 0.6 is 21.6 Å². The normalized spacial score (nSPS) is 11.7. The summed E-state index contributed by atoms with van der Waals surface area (Å²) in [5.41, 5.74) is 10.2. The first-order valence-corrected chi connectivity index (χ1v) is 19.2. The Kier molecular flexibility index (Phi) is 10.8. The minimum Gasteiger partial charge on any atom is -0.378 e. The standard InChI is InChI=1S/C40H48N6S2/c1-41(2)33-21-15-31(16-22-33)19-25-39-43(5)35-11-7-9-13-37(35)45(39)27-29-47-48-30-28-46-38-14-10-8-12-36(38)44(6)40(46)26-20-32-17-23-34(24-18-32)42(3)4/h7-19,21-25H,20,26-30H2,1-6H3/q+2. The lowest BCUT2D eigenvalue weighted by atomic mass is 10.1. The Bertz CT molecular complexity index is 2000. The fourth-order valence-electron chi connectivity index (χ4n) is 6.47. The zero-order valence-corrected chi connectivity index (χ0v) is 30.8. The van der Waals surface area contributed by atoms with Gasteiger partial charge in [-0.25, -0.2) is 18.3 Å². The maximum absolute atomic E-state index is 2.55. The second kappa shape index (κ2) is 15.4. The number of imidazole rings is 2. The number of aromatic nitrogens is 4. The van der Waals surface area contributed by atoms with Gasteiger partial charge in [0.15, 0.2) is 22.1 Å². The monoisotopic (exact) mass is 676 g/mol. The number of hydrogen-bond donors (Lipinski definition) is 0. The Balaban J connectivity index is 1.10. The zero-order valence-electron chi connectivity index (χ0n) is 29.1. The highest BCUT2D eigenvalue weighted by molar-refractivity contribution is 8.76. The van der Waals surface area contributed by atoms with Crippen LogP contribution < -0.4 is 18.9 Å². The van der Waals surface area contributed by atoms with Gasteiger partial charge in [-0.2, -0.15) is 0 Å². The first kappa shape index (κ1) is 33.7. The highest BCUT2D eigenvalue weighted by Crippen LogP contribution is 2.26. The molecule has 0 saturated heterocycles. The van der Waals surface area contributed by atoms with Crippen LogP contribution in [0, 0.1) is 0 Å². The van der Waals surface area contributed by atoms with E-state index in [1.54, 1.807) is 0 Å². The zero-order chi connectivity index (χ0) is 33.6. The minimum atomic E-state index is 0.956. The van der Waals surface area contributed by atoms with Gasteiger partial charge in [0.05, 0.1) is 20.5 Å². The first-order valence-electron chi connectivity index (χ1n) is 16.7. The quantitative estimate of drug-likeness (QED) is 0.0682. The molecule has 0 radical (unpaired) electrons. The van der Waals surface area contributed by atoms with Crippen LogP contribution in [-0.2, 0) is 40.0 Å². The molecule has 2 aromatic heterocycles. The maximum Gasteiger partial charge on any atom is 0.282 e. The molecule has 0 aliphatic heterocycles. The number of nitrogens with zero attached hydrogens (tertiary/aromatic N) is 6. The van der Waals surface area contributed by atoms with Crippen LogP contribution in [0.4, 0.5) is 11.4 Å². The molecular weight excluding hydrogens is 629 g/mol. The first-order chi connectivity index (χ1) is 23.3. The molecule has 8 heteroatoms. The van der Waals surface area contributed by atoms with E-state index >= 15 is 0 Å². The lowest BCUT2D eigenvalue weighted by molar-refractivity contribution is -0.654. The van der Waals surface area contributed by atoms with Crippen LogP contribution in [0.1, 0.15) is 22.8 Å². The molecule has 2 heterocycles. The molecule has 0 bridgehead atoms. The summed E-state index contributed by atoms with van der Waals surface area (Å²) in [6.45, 7) is 1.95. The van der Waals surface area contributed by atoms with Crippen LogP contribution in [0.3, 0.4) is 0 Å². The number of fused-ring (bicyclic) bond motifs is 2. The summed E-state index contributed by atoms with van der Waals surface area (Å²) in [6.07, 6.45) is 6.53. The highest BCUT2D eigenvalue weighted by Gasteiger charge is 2.23. The fourth-order valence-corrected chi connectivity index (χ4v) is 8.38. The Morgan fingerprint density at radius 1 is 0.583 bits per heavy atom. The van der Waals surface area contributed by atoms with Gasteiger partial charge >= 0.3 is 0 Å². The minimum absolute atomic E-state index is 0.956. The summed E-state index contributed by atoms with van der Waals surface area (Å²) >= 11 is 0. The van der Waals surface area contributed by atoms with Gasteiger partial charge in [0.2, 0.25) is 0 Å². The lowest BCUT2D eigenvalue weighted by Crippen LogP contribution is -2.33. The smallest absolute Gasteiger partial charge is 0.282 e. The van der Waals surface area contributed by atoms with Crippen LogP contribution in [0.15, 0.2) is 97.1 Å². The number of aryl methyl sites for hydroxylation is 5. The van der Waals surface area contributed by atoms with Crippen LogP contribution in [0.5, 0.6) is 0 Å². The average molecular weight is 677 g/mol. The van der Waals surface area contributed by atoms with E-state index in [4.69, 9.17) is 0 Å². The topological polar surface area (TPSA) is 24.1 Å². The highest BCUT2D eigenvalue weighted by atomic mass is 33.1. The Hall–Kier alpha value is -4.14. The predicted molar refractivity (Wildman–Crippen MR) is 209 cm³/mol. The molecule has 0 aliphatic rings. The van der Waals surface area contributed by atoms with Crippen molar-refractivity contribution in [3.63, 3.8) is 0 Å². The van der Waals surface area contributed by atoms with Crippen molar-refractivity contribution >= 4 is 67.2 Å². The second-order valence-corrected chi connectivity index (χ2v) is 15.4. The van der Waals surface area contributed by atoms with E-state index in [1.807, 2.05) is 21.6 Å². The van der Waals surface area contributed by atoms with E-state index in [1.165, 1.54) is 56.2 Å². The van der Waals surface area contributed by atoms with Crippen LogP contribution in [0.2, 0.25) is 0 Å². The molecule has 248 valence electrons. The van der Waals surface area contributed by atoms with Crippen LogP contribution in [-0.4, -0.2) is 48.8 Å². The van der Waals surface area contributed by atoms with Gasteiger partial charge in [0.25, 0.3) is 11.6 Å². The van der Waals surface area contributed by atoms with E-state index in [0.717, 1.165) is 37.4 Å². The number of benzene rings is 4. The summed E-state index contributed by atoms with van der Waals surface area (Å²) in [4.78, 5) is 4.29. The summed E-state index contributed by atoms with van der Waals surface area (Å²) in [7, 11) is 16.7. The van der Waals surface area contributed by atoms with E-state index in [-0.39, 0.29) is 0 Å². The van der Waals surface area contributed by atoms with Crippen molar-refractivity contribution in [3.05, 3.63) is 120 Å². The largest absolute Gasteiger partial charge is 0.378 e. The number of rotatable bonds is 14. The molecule has 0 saturated carbocycles. The van der Waals surface area contributed by atoms with Gasteiger partial charge in [-0.05, 0) is 72.2 Å². The van der Waals surface area contributed by atoms with E-state index in [0.29, 0.717) is 0 Å². The van der Waals surface area contributed by atoms with Gasteiger partial charge in [-0.15, -0.1) is 0 Å². The number of hydrogen-bond acceptors (Lipinski definition) is 4. The molecule has 0 unspecified atom stereocenters. The van der Waals surface area contributed by atoms with Crippen molar-refractivity contribution in [2.75, 3.05) is 49.5 Å². The summed E-state index contributed by atoms with van der Waals surface area (Å²) in [5.74, 6) is 4.70. The van der Waals surface area contributed by atoms with Crippen molar-refractivity contribution in [2.24, 2.45) is 14.1 Å². The van der Waals surface area contributed by atoms with Crippen LogP contribution in [0.25, 0.3) is 34.2 Å². The fraction of sp³-hybridized carbons (Fsp3) is 0.300. The third kappa shape index (κ3) is 7.45. The SMILES string of the molecule is CN(C)c1ccc(/C=C/c2n(CCSSCCn3c(CCc4ccc(N(C)C)cc4)[n+](C)c4ccccc43)c3ccccc3[n+]2C)cc1. The van der Waals surface area contributed by atoms with Crippen molar-refractivity contribution < 1.29 is 9.13 Å². The average Bonchev–Trinajstić information content (AvgIpc) is 3.53. The van der Waals surface area contributed by atoms with E-state index in [2.05, 4.69) is 180 Å². The van der Waals surface area contributed by atoms with E-state index < -0.39 is 0 Å². The van der Waals surface area contributed by atoms with Crippen molar-refractivity contribution in [3.8, 4) is 0 Å². The summed E-state index contributed by atoms with van der Waals surface area (Å²) in [5, 5.41) is 0. The molecule has 6 nitrogen and oxygen atoms in total. The van der Waals surface area contributed by atoms with Gasteiger partial charge in [0, 0.05) is 57.1 Å². The molecule has 0 atom stereocenters. The lowest BCUT2D eigenvalue weighted by Gasteiger charge is -2.12. The number of anilines is 2. The Morgan fingerprint density at radius 2 is 1.10 bits per heavy atom. The summed E-state index contributed by atoms with van der Waals surface area (Å²) in [6, 6.07) is 35.3. The molecule has 48 heavy (non-hydrogen) atoms. The third-order valence-corrected chi connectivity index (χ3v) is 11.6. The van der Waals surface area contributed by atoms with Crippen molar-refractivity contribution in [1.82, 2.24) is 9.13 Å². The van der Waals surface area contributed by atoms with Gasteiger partial charge < -0.3 is 9.80 Å². The Labute approximate surface area is 293 Å². The number of para-hydroxylation sites is 4. The van der Waals surface area contributed by atoms with Crippen molar-refractivity contribution in [1.29, 1.82) is 0 Å². The Morgan fingerprint density at radius 3 is 1.71 bits per heavy atom. The molecule has 6 rings (SSSR count). The van der Waals surface area contributed by atoms with Gasteiger partial charge in [-0.1, -0.05) is 70.1 Å². The molecule has 0 aliphatic carbocycles. The second-order valence-electron chi connectivity index (χ2n) is 12.7. The molecular formula is C40H48N6S2+2. The maximum atomic E-state index is 2.55. The predicted octanol–water partition coefficient (Wildman–Crippen LogP) is 7.41. The molecule has 0 spiro atoms. The molecule has 0 amide bonds. The molecule has 6 aromatic rings. The molecule has 0 fully saturated rings. The summed E-state index contributed by atoms with van der Waals surface area (Å²) < 4.78 is 9.72. The van der Waals surface area contributed by atoms with E-state index in [9.17, 15) is 0 Å².